The second kappa shape index (κ2) is 6.79. The molecule has 0 amide bonds. The molecule has 0 radical (unpaired) electrons. The fourth-order valence-electron chi connectivity index (χ4n) is 3.02. The van der Waals surface area contributed by atoms with Gasteiger partial charge in [0.15, 0.2) is 0 Å². The van der Waals surface area contributed by atoms with Crippen LogP contribution >= 0.6 is 11.6 Å². The van der Waals surface area contributed by atoms with E-state index in [1.165, 1.54) is 36.7 Å². The summed E-state index contributed by atoms with van der Waals surface area (Å²) in [5, 5.41) is 10.5. The SMILES string of the molecule is Cc1cnc(-n2ccc(Cl)c(C(C)(C)O)c2=O)cc1-n1c(C)cccc1=O. The van der Waals surface area contributed by atoms with Gasteiger partial charge in [-0.15, -0.1) is 0 Å². The molecule has 0 atom stereocenters. The van der Waals surface area contributed by atoms with Gasteiger partial charge in [-0.05, 0) is 45.4 Å². The van der Waals surface area contributed by atoms with Crippen LogP contribution in [-0.4, -0.2) is 19.2 Å². The Morgan fingerprint density at radius 1 is 1.15 bits per heavy atom. The molecule has 3 heterocycles. The van der Waals surface area contributed by atoms with Crippen LogP contribution in [0.5, 0.6) is 0 Å². The van der Waals surface area contributed by atoms with Gasteiger partial charge in [0, 0.05) is 30.2 Å². The van der Waals surface area contributed by atoms with Gasteiger partial charge in [-0.1, -0.05) is 17.7 Å². The van der Waals surface area contributed by atoms with E-state index in [0.29, 0.717) is 11.5 Å². The van der Waals surface area contributed by atoms with E-state index in [1.54, 1.807) is 22.9 Å². The lowest BCUT2D eigenvalue weighted by atomic mass is 10.00. The molecule has 27 heavy (non-hydrogen) atoms. The summed E-state index contributed by atoms with van der Waals surface area (Å²) in [6.07, 6.45) is 3.11. The van der Waals surface area contributed by atoms with Gasteiger partial charge in [0.2, 0.25) is 0 Å². The zero-order chi connectivity index (χ0) is 19.9. The summed E-state index contributed by atoms with van der Waals surface area (Å²) in [7, 11) is 0. The highest BCUT2D eigenvalue weighted by atomic mass is 35.5. The molecule has 0 bridgehead atoms. The predicted octanol–water partition coefficient (Wildman–Crippen LogP) is 2.88. The normalized spacial score (nSPS) is 11.6. The fraction of sp³-hybridized carbons (Fsp3) is 0.250. The van der Waals surface area contributed by atoms with E-state index in [2.05, 4.69) is 4.98 Å². The standard InChI is InChI=1S/C20H20ClN3O3/c1-12-11-22-16(10-15(12)24-13(2)6-5-7-17(24)25)23-9-8-14(21)18(19(23)26)20(3,4)27/h5-11,27H,1-4H3. The minimum Gasteiger partial charge on any atom is -0.385 e. The Hall–Kier alpha value is -2.70. The number of aromatic nitrogens is 3. The average molecular weight is 386 g/mol. The Labute approximate surface area is 161 Å². The number of hydrogen-bond acceptors (Lipinski definition) is 4. The molecule has 0 fully saturated rings. The van der Waals surface area contributed by atoms with Gasteiger partial charge >= 0.3 is 0 Å². The lowest BCUT2D eigenvalue weighted by Crippen LogP contribution is -2.32. The van der Waals surface area contributed by atoms with Crippen molar-refractivity contribution in [2.45, 2.75) is 33.3 Å². The topological polar surface area (TPSA) is 77.1 Å². The second-order valence-electron chi connectivity index (χ2n) is 6.94. The smallest absolute Gasteiger partial charge is 0.263 e. The molecule has 0 aliphatic rings. The second-order valence-corrected chi connectivity index (χ2v) is 7.35. The fourth-order valence-corrected chi connectivity index (χ4v) is 3.39. The van der Waals surface area contributed by atoms with E-state index in [9.17, 15) is 14.7 Å². The first-order chi connectivity index (χ1) is 12.6. The first-order valence-corrected chi connectivity index (χ1v) is 8.79. The third kappa shape index (κ3) is 3.46. The van der Waals surface area contributed by atoms with Crippen LogP contribution in [0.1, 0.15) is 30.7 Å². The Morgan fingerprint density at radius 3 is 2.48 bits per heavy atom. The van der Waals surface area contributed by atoms with Gasteiger partial charge in [0.1, 0.15) is 5.82 Å². The Morgan fingerprint density at radius 2 is 1.85 bits per heavy atom. The number of pyridine rings is 3. The molecule has 6 nitrogen and oxygen atoms in total. The van der Waals surface area contributed by atoms with Crippen molar-refractivity contribution in [3.63, 3.8) is 0 Å². The van der Waals surface area contributed by atoms with Gasteiger partial charge in [0.05, 0.1) is 21.9 Å². The number of rotatable bonds is 3. The van der Waals surface area contributed by atoms with Crippen molar-refractivity contribution >= 4 is 11.6 Å². The summed E-state index contributed by atoms with van der Waals surface area (Å²) >= 11 is 6.13. The first-order valence-electron chi connectivity index (χ1n) is 8.41. The molecule has 3 rings (SSSR count). The van der Waals surface area contributed by atoms with Crippen molar-refractivity contribution in [3.8, 4) is 11.5 Å². The van der Waals surface area contributed by atoms with Crippen LogP contribution in [0.15, 0.2) is 52.3 Å². The lowest BCUT2D eigenvalue weighted by Gasteiger charge is -2.20. The maximum atomic E-state index is 12.9. The van der Waals surface area contributed by atoms with Crippen LogP contribution in [0.25, 0.3) is 11.5 Å². The minimum absolute atomic E-state index is 0.0867. The first kappa shape index (κ1) is 19.1. The summed E-state index contributed by atoms with van der Waals surface area (Å²) in [4.78, 5) is 29.6. The minimum atomic E-state index is -1.41. The van der Waals surface area contributed by atoms with E-state index >= 15 is 0 Å². The van der Waals surface area contributed by atoms with Crippen molar-refractivity contribution in [2.24, 2.45) is 0 Å². The summed E-state index contributed by atoms with van der Waals surface area (Å²) in [6.45, 7) is 6.68. The van der Waals surface area contributed by atoms with E-state index in [1.807, 2.05) is 19.9 Å². The quantitative estimate of drug-likeness (QED) is 0.752. The molecule has 7 heteroatoms. The molecular weight excluding hydrogens is 366 g/mol. The van der Waals surface area contributed by atoms with E-state index in [4.69, 9.17) is 11.6 Å². The highest BCUT2D eigenvalue weighted by Gasteiger charge is 2.25. The third-order valence-corrected chi connectivity index (χ3v) is 4.67. The van der Waals surface area contributed by atoms with Crippen LogP contribution in [0, 0.1) is 13.8 Å². The maximum Gasteiger partial charge on any atom is 0.263 e. The van der Waals surface area contributed by atoms with Crippen molar-refractivity contribution in [1.29, 1.82) is 0 Å². The van der Waals surface area contributed by atoms with E-state index in [0.717, 1.165) is 11.3 Å². The average Bonchev–Trinajstić information content (AvgIpc) is 2.55. The van der Waals surface area contributed by atoms with Crippen LogP contribution in [0.3, 0.4) is 0 Å². The number of aliphatic hydroxyl groups is 1. The van der Waals surface area contributed by atoms with Gasteiger partial charge in [-0.25, -0.2) is 4.98 Å². The van der Waals surface area contributed by atoms with Crippen molar-refractivity contribution in [3.05, 3.63) is 85.3 Å². The molecule has 0 aromatic carbocycles. The summed E-state index contributed by atoms with van der Waals surface area (Å²) < 4.78 is 2.88. The van der Waals surface area contributed by atoms with Crippen LogP contribution in [0.4, 0.5) is 0 Å². The Kier molecular flexibility index (Phi) is 4.80. The zero-order valence-electron chi connectivity index (χ0n) is 15.5. The molecular formula is C20H20ClN3O3. The summed E-state index contributed by atoms with van der Waals surface area (Å²) in [6, 6.07) is 8.23. The van der Waals surface area contributed by atoms with Crippen molar-refractivity contribution in [2.75, 3.05) is 0 Å². The maximum absolute atomic E-state index is 12.9. The molecule has 140 valence electrons. The molecule has 0 spiro atoms. The highest BCUT2D eigenvalue weighted by Crippen LogP contribution is 2.25. The number of aryl methyl sites for hydroxylation is 2. The molecule has 0 saturated heterocycles. The summed E-state index contributed by atoms with van der Waals surface area (Å²) in [5.74, 6) is 0.331. The van der Waals surface area contributed by atoms with Crippen molar-refractivity contribution in [1.82, 2.24) is 14.1 Å². The third-order valence-electron chi connectivity index (χ3n) is 4.35. The van der Waals surface area contributed by atoms with Crippen molar-refractivity contribution < 1.29 is 5.11 Å². The molecule has 3 aromatic rings. The molecule has 0 aliphatic carbocycles. The van der Waals surface area contributed by atoms with Gasteiger partial charge in [-0.2, -0.15) is 0 Å². The molecule has 0 unspecified atom stereocenters. The molecule has 0 saturated carbocycles. The Balaban J connectivity index is 2.28. The van der Waals surface area contributed by atoms with Crippen LogP contribution in [0.2, 0.25) is 5.02 Å². The van der Waals surface area contributed by atoms with Crippen LogP contribution in [-0.2, 0) is 5.60 Å². The lowest BCUT2D eigenvalue weighted by molar-refractivity contribution is 0.0769. The molecule has 0 aliphatic heterocycles. The Bertz CT molecular complexity index is 1140. The zero-order valence-corrected chi connectivity index (χ0v) is 16.3. The molecule has 1 N–H and O–H groups in total. The summed E-state index contributed by atoms with van der Waals surface area (Å²) in [5.41, 5.74) is 0.240. The number of halogens is 1. The molecule has 3 aromatic heterocycles. The van der Waals surface area contributed by atoms with E-state index < -0.39 is 11.2 Å². The van der Waals surface area contributed by atoms with Gasteiger partial charge in [0.25, 0.3) is 11.1 Å². The van der Waals surface area contributed by atoms with Crippen LogP contribution < -0.4 is 11.1 Å². The largest absolute Gasteiger partial charge is 0.385 e. The van der Waals surface area contributed by atoms with Gasteiger partial charge in [-0.3, -0.25) is 18.7 Å². The van der Waals surface area contributed by atoms with Gasteiger partial charge < -0.3 is 5.11 Å². The highest BCUT2D eigenvalue weighted by molar-refractivity contribution is 6.31. The predicted molar refractivity (Wildman–Crippen MR) is 105 cm³/mol. The van der Waals surface area contributed by atoms with E-state index in [-0.39, 0.29) is 16.1 Å². The number of hydrogen-bond donors (Lipinski definition) is 1. The number of nitrogens with zero attached hydrogens (tertiary/aromatic N) is 3. The monoisotopic (exact) mass is 385 g/mol.